The number of carbonyl (C=O) groups excluding carboxylic acids is 1. The molecule has 6 rings (SSSR count). The minimum atomic E-state index is -0.431. The number of nitrogens with one attached hydrogen (secondary N) is 1. The van der Waals surface area contributed by atoms with Gasteiger partial charge in [0.2, 0.25) is 5.91 Å². The van der Waals surface area contributed by atoms with Crippen LogP contribution < -0.4 is 0 Å². The van der Waals surface area contributed by atoms with Crippen molar-refractivity contribution in [3.63, 3.8) is 0 Å². The number of halogens is 2. The molecule has 5 nitrogen and oxygen atoms in total. The fraction of sp³-hybridized carbons (Fsp3) is 0.360. The van der Waals surface area contributed by atoms with Crippen molar-refractivity contribution in [2.24, 2.45) is 5.92 Å². The molecule has 4 heterocycles. The first-order valence-electron chi connectivity index (χ1n) is 11.2. The zero-order valence-corrected chi connectivity index (χ0v) is 18.4. The second-order valence-electron chi connectivity index (χ2n) is 9.20. The van der Waals surface area contributed by atoms with Gasteiger partial charge in [0, 0.05) is 41.2 Å². The van der Waals surface area contributed by atoms with E-state index in [0.29, 0.717) is 11.6 Å². The number of H-pyrrole nitrogens is 1. The number of hydrogen-bond acceptors (Lipinski definition) is 3. The first-order chi connectivity index (χ1) is 15.6. The number of rotatable bonds is 4. The van der Waals surface area contributed by atoms with Gasteiger partial charge in [-0.2, -0.15) is 5.10 Å². The van der Waals surface area contributed by atoms with Gasteiger partial charge >= 0.3 is 0 Å². The van der Waals surface area contributed by atoms with Crippen LogP contribution in [-0.4, -0.2) is 44.5 Å². The Kier molecular flexibility index (Phi) is 4.63. The summed E-state index contributed by atoms with van der Waals surface area (Å²) in [5.74, 6) is 0.242. The molecule has 32 heavy (non-hydrogen) atoms. The summed E-state index contributed by atoms with van der Waals surface area (Å²) in [7, 11) is 0. The maximum Gasteiger partial charge on any atom is 0.243 e. The van der Waals surface area contributed by atoms with Crippen LogP contribution in [0.4, 0.5) is 4.39 Å². The lowest BCUT2D eigenvalue weighted by Crippen LogP contribution is -2.49. The molecule has 1 spiro atoms. The van der Waals surface area contributed by atoms with Crippen molar-refractivity contribution >= 4 is 17.5 Å². The molecule has 3 atom stereocenters. The van der Waals surface area contributed by atoms with E-state index in [1.165, 1.54) is 12.1 Å². The number of aromatic nitrogens is 2. The lowest BCUT2D eigenvalue weighted by molar-refractivity contribution is -0.137. The first-order valence-corrected chi connectivity index (χ1v) is 11.5. The Labute approximate surface area is 191 Å². The molecule has 3 aliphatic rings. The number of amides is 1. The lowest BCUT2D eigenvalue weighted by Gasteiger charge is -2.33. The fourth-order valence-corrected chi connectivity index (χ4v) is 6.50. The number of benzene rings is 2. The van der Waals surface area contributed by atoms with Gasteiger partial charge in [-0.3, -0.25) is 14.8 Å². The topological polar surface area (TPSA) is 52.2 Å². The van der Waals surface area contributed by atoms with E-state index in [1.807, 2.05) is 41.4 Å². The number of carbonyl (C=O) groups is 1. The molecule has 164 valence electrons. The Bertz CT molecular complexity index is 1200. The molecule has 0 radical (unpaired) electrons. The average molecular weight is 451 g/mol. The maximum atomic E-state index is 13.9. The summed E-state index contributed by atoms with van der Waals surface area (Å²) in [6, 6.07) is 14.4. The van der Waals surface area contributed by atoms with E-state index in [4.69, 9.17) is 11.6 Å². The van der Waals surface area contributed by atoms with Gasteiger partial charge in [-0.15, -0.1) is 0 Å². The molecule has 3 fully saturated rings. The van der Waals surface area contributed by atoms with Gasteiger partial charge in [-0.1, -0.05) is 35.9 Å². The molecule has 0 unspecified atom stereocenters. The summed E-state index contributed by atoms with van der Waals surface area (Å²) in [5, 5.41) is 8.07. The molecule has 0 saturated carbocycles. The second kappa shape index (κ2) is 7.42. The Balaban J connectivity index is 1.31. The van der Waals surface area contributed by atoms with Crippen molar-refractivity contribution in [1.82, 2.24) is 20.0 Å². The summed E-state index contributed by atoms with van der Waals surface area (Å²) in [5.41, 5.74) is 3.32. The van der Waals surface area contributed by atoms with Crippen LogP contribution in [0, 0.1) is 11.7 Å². The Morgan fingerprint density at radius 2 is 2.09 bits per heavy atom. The average Bonchev–Trinajstić information content (AvgIpc) is 3.52. The smallest absolute Gasteiger partial charge is 0.243 e. The molecule has 2 aromatic carbocycles. The van der Waals surface area contributed by atoms with Gasteiger partial charge in [-0.05, 0) is 55.6 Å². The van der Waals surface area contributed by atoms with Crippen molar-refractivity contribution < 1.29 is 9.18 Å². The standard InChI is InChI=1S/C25H24ClFN4O/c26-19-6-1-4-16(10-19)14-30-15-18-12-22(31-9-3-8-25(18,31)24(30)32)21-13-28-29-23(21)17-5-2-7-20(27)11-17/h1-2,4-7,10-11,13,18,22H,3,8-9,12,14-15H2,(H,28,29)/t18-,22-,25-/m0/s1. The molecule has 1 aromatic heterocycles. The Morgan fingerprint density at radius 1 is 1.22 bits per heavy atom. The number of aromatic amines is 1. The van der Waals surface area contributed by atoms with E-state index in [-0.39, 0.29) is 23.7 Å². The van der Waals surface area contributed by atoms with E-state index < -0.39 is 5.54 Å². The van der Waals surface area contributed by atoms with Crippen molar-refractivity contribution in [1.29, 1.82) is 0 Å². The zero-order chi connectivity index (χ0) is 21.9. The van der Waals surface area contributed by atoms with Crippen LogP contribution in [0.5, 0.6) is 0 Å². The number of hydrogen-bond donors (Lipinski definition) is 1. The molecule has 3 saturated heterocycles. The number of nitrogens with zero attached hydrogens (tertiary/aromatic N) is 3. The zero-order valence-electron chi connectivity index (χ0n) is 17.6. The maximum absolute atomic E-state index is 13.9. The summed E-state index contributed by atoms with van der Waals surface area (Å²) in [6.07, 6.45) is 4.66. The van der Waals surface area contributed by atoms with E-state index >= 15 is 0 Å². The highest BCUT2D eigenvalue weighted by Gasteiger charge is 2.65. The fourth-order valence-electron chi connectivity index (χ4n) is 6.29. The van der Waals surface area contributed by atoms with Gasteiger partial charge < -0.3 is 4.90 Å². The van der Waals surface area contributed by atoms with Crippen molar-refractivity contribution in [2.45, 2.75) is 37.4 Å². The molecule has 3 aliphatic heterocycles. The van der Waals surface area contributed by atoms with Gasteiger partial charge in [-0.25, -0.2) is 4.39 Å². The predicted octanol–water partition coefficient (Wildman–Crippen LogP) is 4.81. The quantitative estimate of drug-likeness (QED) is 0.620. The molecule has 1 amide bonds. The normalized spacial score (nSPS) is 27.2. The minimum Gasteiger partial charge on any atom is -0.336 e. The number of likely N-dealkylation sites (tertiary alicyclic amines) is 1. The van der Waals surface area contributed by atoms with Crippen LogP contribution in [-0.2, 0) is 11.3 Å². The van der Waals surface area contributed by atoms with E-state index in [2.05, 4.69) is 15.1 Å². The molecule has 1 N–H and O–H groups in total. The summed E-state index contributed by atoms with van der Waals surface area (Å²) >= 11 is 6.16. The molecular formula is C25H24ClFN4O. The van der Waals surface area contributed by atoms with Crippen LogP contribution in [0.3, 0.4) is 0 Å². The molecular weight excluding hydrogens is 427 g/mol. The molecule has 7 heteroatoms. The van der Waals surface area contributed by atoms with E-state index in [1.54, 1.807) is 6.07 Å². The van der Waals surface area contributed by atoms with E-state index in [9.17, 15) is 9.18 Å². The second-order valence-corrected chi connectivity index (χ2v) is 9.63. The van der Waals surface area contributed by atoms with Gasteiger partial charge in [0.1, 0.15) is 11.4 Å². The van der Waals surface area contributed by atoms with Crippen molar-refractivity contribution in [2.75, 3.05) is 13.1 Å². The van der Waals surface area contributed by atoms with Crippen LogP contribution in [0.2, 0.25) is 5.02 Å². The predicted molar refractivity (Wildman–Crippen MR) is 120 cm³/mol. The van der Waals surface area contributed by atoms with Gasteiger partial charge in [0.25, 0.3) is 0 Å². The molecule has 0 bridgehead atoms. The van der Waals surface area contributed by atoms with Crippen LogP contribution in [0.15, 0.2) is 54.7 Å². The van der Waals surface area contributed by atoms with Crippen molar-refractivity contribution in [3.8, 4) is 11.3 Å². The largest absolute Gasteiger partial charge is 0.336 e. The highest BCUT2D eigenvalue weighted by molar-refractivity contribution is 6.30. The van der Waals surface area contributed by atoms with Crippen LogP contribution in [0.25, 0.3) is 11.3 Å². The van der Waals surface area contributed by atoms with Gasteiger partial charge in [0.05, 0.1) is 11.9 Å². The monoisotopic (exact) mass is 450 g/mol. The first kappa shape index (κ1) is 19.9. The van der Waals surface area contributed by atoms with E-state index in [0.717, 1.165) is 54.7 Å². The minimum absolute atomic E-state index is 0.108. The highest BCUT2D eigenvalue weighted by atomic mass is 35.5. The lowest BCUT2D eigenvalue weighted by atomic mass is 9.85. The van der Waals surface area contributed by atoms with Gasteiger partial charge in [0.15, 0.2) is 0 Å². The third-order valence-electron chi connectivity index (χ3n) is 7.53. The summed E-state index contributed by atoms with van der Waals surface area (Å²) < 4.78 is 13.9. The molecule has 0 aliphatic carbocycles. The third-order valence-corrected chi connectivity index (χ3v) is 7.77. The Morgan fingerprint density at radius 3 is 2.94 bits per heavy atom. The van der Waals surface area contributed by atoms with Crippen molar-refractivity contribution in [3.05, 3.63) is 76.7 Å². The van der Waals surface area contributed by atoms with Crippen LogP contribution in [0.1, 0.15) is 36.4 Å². The SMILES string of the molecule is O=C1N(Cc2cccc(Cl)c2)C[C@@H]2C[C@@H](c3cn[nH]c3-c3cccc(F)c3)N3CCC[C@@]123. The highest BCUT2D eigenvalue weighted by Crippen LogP contribution is 2.56. The van der Waals surface area contributed by atoms with Crippen LogP contribution >= 0.6 is 11.6 Å². The Hall–Kier alpha value is -2.70. The summed E-state index contributed by atoms with van der Waals surface area (Å²) in [4.78, 5) is 18.2. The third kappa shape index (κ3) is 2.93. The molecule has 3 aromatic rings. The summed E-state index contributed by atoms with van der Waals surface area (Å²) in [6.45, 7) is 2.24.